The first kappa shape index (κ1) is 34.5. The van der Waals surface area contributed by atoms with Crippen molar-refractivity contribution in [2.24, 2.45) is 5.41 Å². The van der Waals surface area contributed by atoms with Gasteiger partial charge >= 0.3 is 0 Å². The van der Waals surface area contributed by atoms with E-state index >= 15 is 0 Å². The number of anilines is 1. The summed E-state index contributed by atoms with van der Waals surface area (Å²) in [5.74, 6) is -3.56. The normalized spacial score (nSPS) is 17.7. The van der Waals surface area contributed by atoms with Crippen molar-refractivity contribution in [1.29, 1.82) is 0 Å². The van der Waals surface area contributed by atoms with Gasteiger partial charge in [-0.05, 0) is 36.8 Å². The fraction of sp³-hybridized carbons (Fsp3) is 0.613. The lowest BCUT2D eigenvalue weighted by molar-refractivity contribution is -0.138. The van der Waals surface area contributed by atoms with Gasteiger partial charge in [0.15, 0.2) is 23.3 Å². The summed E-state index contributed by atoms with van der Waals surface area (Å²) >= 11 is 1.38. The lowest BCUT2D eigenvalue weighted by Crippen LogP contribution is -2.54. The average Bonchev–Trinajstić information content (AvgIpc) is 3.67. The predicted molar refractivity (Wildman–Crippen MR) is 166 cm³/mol. The fourth-order valence-electron chi connectivity index (χ4n) is 5.17. The summed E-state index contributed by atoms with van der Waals surface area (Å²) in [6, 6.07) is 1.70. The Hall–Kier alpha value is -3.36. The molecular weight excluding hydrogens is 608 g/mol. The van der Waals surface area contributed by atoms with Crippen LogP contribution in [0.3, 0.4) is 0 Å². The zero-order valence-corrected chi connectivity index (χ0v) is 26.9. The highest BCUT2D eigenvalue weighted by atomic mass is 32.1. The number of thiazole rings is 1. The summed E-state index contributed by atoms with van der Waals surface area (Å²) in [6.45, 7) is 8.77. The van der Waals surface area contributed by atoms with Gasteiger partial charge in [-0.25, -0.2) is 9.37 Å². The monoisotopic (exact) mass is 651 g/mol. The van der Waals surface area contributed by atoms with Crippen molar-refractivity contribution in [3.8, 4) is 17.0 Å². The number of rotatable bonds is 13. The molecule has 248 valence electrons. The lowest BCUT2D eigenvalue weighted by Gasteiger charge is -2.33. The molecule has 3 amide bonds. The van der Waals surface area contributed by atoms with Crippen molar-refractivity contribution in [2.75, 3.05) is 57.4 Å². The van der Waals surface area contributed by atoms with Crippen LogP contribution in [0.4, 0.5) is 13.9 Å². The van der Waals surface area contributed by atoms with Gasteiger partial charge < -0.3 is 35.0 Å². The van der Waals surface area contributed by atoms with E-state index in [1.807, 2.05) is 20.8 Å². The predicted octanol–water partition coefficient (Wildman–Crippen LogP) is 3.10. The number of ether oxygens (including phenoxy) is 2. The highest BCUT2D eigenvalue weighted by Gasteiger charge is 2.37. The standard InChI is InChI=1S/C31H43F2N5O6S/c1-31(2,3)28(29(42)38-12-10-20(39)17-38)36-24(40)7-5-4-6-11-34-25(41)18-44-27-21(8-9-22(32)26(27)33)23-19-45-30(35-23)37-13-15-43-16-14-37/h8-9,19-20,28,39H,4-7,10-18H2,1-3H3,(H,34,41)(H,36,40)/t20-,28-/m1/s1. The van der Waals surface area contributed by atoms with E-state index in [1.165, 1.54) is 17.4 Å². The number of benzene rings is 1. The highest BCUT2D eigenvalue weighted by Crippen LogP contribution is 2.36. The Labute approximate surface area is 266 Å². The maximum absolute atomic E-state index is 14.8. The molecule has 0 spiro atoms. The molecule has 2 atom stereocenters. The summed E-state index contributed by atoms with van der Waals surface area (Å²) in [5, 5.41) is 17.8. The molecule has 0 radical (unpaired) electrons. The molecule has 0 aliphatic carbocycles. The van der Waals surface area contributed by atoms with Gasteiger partial charge in [0.1, 0.15) is 6.04 Å². The Balaban J connectivity index is 1.19. The number of nitrogens with zero attached hydrogens (tertiary/aromatic N) is 3. The van der Waals surface area contributed by atoms with Crippen LogP contribution >= 0.6 is 11.3 Å². The number of amides is 3. The van der Waals surface area contributed by atoms with E-state index in [-0.39, 0.29) is 36.1 Å². The number of likely N-dealkylation sites (tertiary alicyclic amines) is 1. The van der Waals surface area contributed by atoms with Gasteiger partial charge in [0.25, 0.3) is 5.91 Å². The summed E-state index contributed by atoms with van der Waals surface area (Å²) in [5.41, 5.74) is 0.186. The molecule has 14 heteroatoms. The second-order valence-electron chi connectivity index (χ2n) is 12.4. The second-order valence-corrected chi connectivity index (χ2v) is 13.2. The number of aliphatic hydroxyl groups excluding tert-OH is 1. The topological polar surface area (TPSA) is 133 Å². The van der Waals surface area contributed by atoms with E-state index in [0.717, 1.165) is 11.2 Å². The number of hydrogen-bond acceptors (Lipinski definition) is 9. The van der Waals surface area contributed by atoms with Crippen molar-refractivity contribution >= 4 is 34.2 Å². The number of unbranched alkanes of at least 4 members (excludes halogenated alkanes) is 2. The molecule has 3 heterocycles. The number of aliphatic hydroxyl groups is 1. The Kier molecular flexibility index (Phi) is 12.1. The zero-order chi connectivity index (χ0) is 32.6. The average molecular weight is 652 g/mol. The second kappa shape index (κ2) is 15.8. The molecule has 2 aliphatic rings. The molecule has 2 aromatic rings. The largest absolute Gasteiger partial charge is 0.480 e. The van der Waals surface area contributed by atoms with Gasteiger partial charge in [0, 0.05) is 50.1 Å². The molecule has 11 nitrogen and oxygen atoms in total. The minimum atomic E-state index is -1.19. The maximum Gasteiger partial charge on any atom is 0.257 e. The minimum absolute atomic E-state index is 0.188. The number of aromatic nitrogens is 1. The molecule has 0 unspecified atom stereocenters. The summed E-state index contributed by atoms with van der Waals surface area (Å²) in [7, 11) is 0. The third-order valence-electron chi connectivity index (χ3n) is 7.74. The van der Waals surface area contributed by atoms with E-state index in [1.54, 1.807) is 10.3 Å². The molecule has 0 saturated carbocycles. The van der Waals surface area contributed by atoms with E-state index in [2.05, 4.69) is 20.5 Å². The number of halogens is 2. The number of carbonyl (C=O) groups is 3. The van der Waals surface area contributed by atoms with Crippen LogP contribution in [0.25, 0.3) is 11.3 Å². The third kappa shape index (κ3) is 9.57. The molecule has 3 N–H and O–H groups in total. The van der Waals surface area contributed by atoms with E-state index in [0.29, 0.717) is 70.8 Å². The third-order valence-corrected chi connectivity index (χ3v) is 8.64. The molecule has 4 rings (SSSR count). The van der Waals surface area contributed by atoms with Crippen LogP contribution < -0.4 is 20.3 Å². The van der Waals surface area contributed by atoms with Crippen molar-refractivity contribution in [3.05, 3.63) is 29.1 Å². The number of hydrogen-bond donors (Lipinski definition) is 3. The molecule has 2 aliphatic heterocycles. The van der Waals surface area contributed by atoms with Crippen LogP contribution in [-0.2, 0) is 19.1 Å². The zero-order valence-electron chi connectivity index (χ0n) is 26.1. The molecule has 2 saturated heterocycles. The Morgan fingerprint density at radius 3 is 2.58 bits per heavy atom. The molecule has 2 fully saturated rings. The van der Waals surface area contributed by atoms with Crippen molar-refractivity contribution in [2.45, 2.75) is 65.0 Å². The van der Waals surface area contributed by atoms with Crippen LogP contribution in [0.2, 0.25) is 0 Å². The van der Waals surface area contributed by atoms with Gasteiger partial charge in [0.2, 0.25) is 17.6 Å². The summed E-state index contributed by atoms with van der Waals surface area (Å²) in [6.07, 6.45) is 2.03. The molecule has 1 aromatic heterocycles. The van der Waals surface area contributed by atoms with E-state index < -0.39 is 41.7 Å². The van der Waals surface area contributed by atoms with Gasteiger partial charge in [-0.2, -0.15) is 4.39 Å². The van der Waals surface area contributed by atoms with Crippen LogP contribution in [0, 0.1) is 17.0 Å². The van der Waals surface area contributed by atoms with Gasteiger partial charge in [0.05, 0.1) is 25.0 Å². The molecule has 45 heavy (non-hydrogen) atoms. The molecular formula is C31H43F2N5O6S. The van der Waals surface area contributed by atoms with Crippen LogP contribution in [0.1, 0.15) is 52.9 Å². The first-order chi connectivity index (χ1) is 21.4. The number of morpholine rings is 1. The van der Waals surface area contributed by atoms with Crippen LogP contribution in [-0.4, -0.2) is 97.4 Å². The number of nitrogens with one attached hydrogen (secondary N) is 2. The van der Waals surface area contributed by atoms with Gasteiger partial charge in [-0.3, -0.25) is 14.4 Å². The maximum atomic E-state index is 14.8. The Bertz CT molecular complexity index is 1330. The summed E-state index contributed by atoms with van der Waals surface area (Å²) in [4.78, 5) is 46.3. The van der Waals surface area contributed by atoms with Crippen LogP contribution in [0.15, 0.2) is 17.5 Å². The van der Waals surface area contributed by atoms with Gasteiger partial charge in [-0.1, -0.05) is 27.2 Å². The SMILES string of the molecule is CC(C)(C)[C@H](NC(=O)CCCCCNC(=O)COc1c(-c2csc(N3CCOCC3)n2)ccc(F)c1F)C(=O)N1CC[C@@H](O)C1. The quantitative estimate of drug-likeness (QED) is 0.282. The van der Waals surface area contributed by atoms with Crippen molar-refractivity contribution in [3.63, 3.8) is 0 Å². The molecule has 1 aromatic carbocycles. The van der Waals surface area contributed by atoms with E-state index in [4.69, 9.17) is 9.47 Å². The lowest BCUT2D eigenvalue weighted by atomic mass is 9.85. The van der Waals surface area contributed by atoms with Crippen molar-refractivity contribution in [1.82, 2.24) is 20.5 Å². The fourth-order valence-corrected chi connectivity index (χ4v) is 6.05. The first-order valence-electron chi connectivity index (χ1n) is 15.4. The first-order valence-corrected chi connectivity index (χ1v) is 16.2. The smallest absolute Gasteiger partial charge is 0.257 e. The van der Waals surface area contributed by atoms with E-state index in [9.17, 15) is 28.3 Å². The highest BCUT2D eigenvalue weighted by molar-refractivity contribution is 7.14. The Morgan fingerprint density at radius 2 is 1.89 bits per heavy atom. The minimum Gasteiger partial charge on any atom is -0.480 e. The van der Waals surface area contributed by atoms with Crippen molar-refractivity contribution < 1.29 is 37.7 Å². The van der Waals surface area contributed by atoms with Gasteiger partial charge in [-0.15, -0.1) is 11.3 Å². The summed E-state index contributed by atoms with van der Waals surface area (Å²) < 4.78 is 39.7. The Morgan fingerprint density at radius 1 is 1.13 bits per heavy atom. The van der Waals surface area contributed by atoms with Crippen LogP contribution in [0.5, 0.6) is 5.75 Å². The number of carbonyl (C=O) groups excluding carboxylic acids is 3. The number of β-amino-alcohol motifs (C(OH)–C–C–N with tert-alkyl or cyclic N) is 1. The molecule has 0 bridgehead atoms.